The average Bonchev–Trinajstić information content (AvgIpc) is 3.02. The number of thioether (sulfide) groups is 1. The molecule has 0 saturated heterocycles. The first-order valence-corrected chi connectivity index (χ1v) is 7.08. The van der Waals surface area contributed by atoms with Crippen LogP contribution in [0.5, 0.6) is 0 Å². The van der Waals surface area contributed by atoms with Crippen molar-refractivity contribution >= 4 is 34.0 Å². The summed E-state index contributed by atoms with van der Waals surface area (Å²) in [5.74, 6) is 1.49. The molecule has 92 valence electrons. The van der Waals surface area contributed by atoms with E-state index in [0.717, 1.165) is 26.7 Å². The van der Waals surface area contributed by atoms with E-state index < -0.39 is 0 Å². The molecule has 18 heavy (non-hydrogen) atoms. The van der Waals surface area contributed by atoms with Crippen LogP contribution < -0.4 is 5.32 Å². The molecule has 0 spiro atoms. The number of imidazole rings is 1. The first-order valence-electron chi connectivity index (χ1n) is 5.28. The van der Waals surface area contributed by atoms with Crippen molar-refractivity contribution in [2.75, 3.05) is 12.4 Å². The average molecular weight is 278 g/mol. The second-order valence-electron chi connectivity index (χ2n) is 3.47. The number of hydrogen-bond acceptors (Lipinski definition) is 7. The fourth-order valence-corrected chi connectivity index (χ4v) is 3.04. The number of nitrogens with one attached hydrogen (secondary N) is 1. The van der Waals surface area contributed by atoms with Crippen LogP contribution in [0.2, 0.25) is 0 Å². The molecule has 0 aliphatic heterocycles. The van der Waals surface area contributed by atoms with Gasteiger partial charge in [-0.15, -0.1) is 10.2 Å². The van der Waals surface area contributed by atoms with E-state index in [1.165, 1.54) is 11.3 Å². The minimum absolute atomic E-state index is 0.723. The maximum Gasteiger partial charge on any atom is 0.233 e. The van der Waals surface area contributed by atoms with Gasteiger partial charge in [0.2, 0.25) is 10.9 Å². The molecule has 3 aromatic rings. The Balaban J connectivity index is 1.72. The minimum atomic E-state index is 0.723. The molecule has 0 aromatic carbocycles. The Kier molecular flexibility index (Phi) is 3.11. The van der Waals surface area contributed by atoms with Crippen LogP contribution in [0.4, 0.5) is 5.13 Å². The van der Waals surface area contributed by atoms with Gasteiger partial charge in [0.15, 0.2) is 4.34 Å². The summed E-state index contributed by atoms with van der Waals surface area (Å²) in [6, 6.07) is 1.88. The van der Waals surface area contributed by atoms with Crippen molar-refractivity contribution in [3.8, 4) is 0 Å². The molecule has 8 heteroatoms. The second-order valence-corrected chi connectivity index (χ2v) is 5.67. The predicted octanol–water partition coefficient (Wildman–Crippen LogP) is 1.91. The number of fused-ring (bicyclic) bond motifs is 1. The van der Waals surface area contributed by atoms with Gasteiger partial charge in [0, 0.05) is 31.4 Å². The highest BCUT2D eigenvalue weighted by Crippen LogP contribution is 2.27. The van der Waals surface area contributed by atoms with Gasteiger partial charge < -0.3 is 5.32 Å². The summed E-state index contributed by atoms with van der Waals surface area (Å²) in [6.07, 6.45) is 5.66. The molecule has 1 N–H and O–H groups in total. The lowest BCUT2D eigenvalue weighted by Crippen LogP contribution is -1.84. The topological polar surface area (TPSA) is 68.0 Å². The van der Waals surface area contributed by atoms with Gasteiger partial charge in [-0.2, -0.15) is 0 Å². The van der Waals surface area contributed by atoms with Crippen molar-refractivity contribution in [1.82, 2.24) is 24.6 Å². The number of rotatable bonds is 4. The summed E-state index contributed by atoms with van der Waals surface area (Å²) >= 11 is 3.16. The van der Waals surface area contributed by atoms with Gasteiger partial charge in [-0.25, -0.2) is 9.97 Å². The number of hydrogen-bond donors (Lipinski definition) is 1. The Morgan fingerprint density at radius 2 is 2.39 bits per heavy atom. The zero-order valence-electron chi connectivity index (χ0n) is 9.57. The molecule has 0 unspecified atom stereocenters. The Labute approximate surface area is 111 Å². The standard InChI is InChI=1S/C10H10N6S2/c1-11-9-14-15-10(18-9)17-6-7-5-16-4-2-3-12-8(16)13-7/h2-5H,6H2,1H3,(H,11,14). The molecule has 0 saturated carbocycles. The van der Waals surface area contributed by atoms with Crippen molar-refractivity contribution in [2.45, 2.75) is 10.1 Å². The molecular weight excluding hydrogens is 268 g/mol. The maximum absolute atomic E-state index is 4.43. The van der Waals surface area contributed by atoms with Crippen molar-refractivity contribution in [3.05, 3.63) is 30.4 Å². The van der Waals surface area contributed by atoms with E-state index in [1.807, 2.05) is 29.9 Å². The molecule has 0 radical (unpaired) electrons. The fraction of sp³-hybridized carbons (Fsp3) is 0.200. The second kappa shape index (κ2) is 4.91. The lowest BCUT2D eigenvalue weighted by molar-refractivity contribution is 1.01. The zero-order chi connectivity index (χ0) is 12.4. The van der Waals surface area contributed by atoms with E-state index in [4.69, 9.17) is 0 Å². The maximum atomic E-state index is 4.43. The van der Waals surface area contributed by atoms with E-state index in [9.17, 15) is 0 Å². The molecule has 0 amide bonds. The normalized spacial score (nSPS) is 10.9. The Hall–Kier alpha value is -1.67. The smallest absolute Gasteiger partial charge is 0.233 e. The molecule has 3 rings (SSSR count). The summed E-state index contributed by atoms with van der Waals surface area (Å²) in [5, 5.41) is 11.9. The van der Waals surface area contributed by atoms with Crippen LogP contribution in [0.1, 0.15) is 5.69 Å². The van der Waals surface area contributed by atoms with E-state index >= 15 is 0 Å². The third-order valence-corrected chi connectivity index (χ3v) is 4.36. The quantitative estimate of drug-likeness (QED) is 0.735. The van der Waals surface area contributed by atoms with E-state index in [2.05, 4.69) is 25.5 Å². The highest BCUT2D eigenvalue weighted by molar-refractivity contribution is 8.00. The van der Waals surface area contributed by atoms with Crippen molar-refractivity contribution in [3.63, 3.8) is 0 Å². The fourth-order valence-electron chi connectivity index (χ4n) is 1.45. The van der Waals surface area contributed by atoms with Crippen molar-refractivity contribution in [1.29, 1.82) is 0 Å². The largest absolute Gasteiger partial charge is 0.363 e. The highest BCUT2D eigenvalue weighted by atomic mass is 32.2. The minimum Gasteiger partial charge on any atom is -0.363 e. The van der Waals surface area contributed by atoms with Gasteiger partial charge in [0.25, 0.3) is 0 Å². The summed E-state index contributed by atoms with van der Waals surface area (Å²) in [5.41, 5.74) is 0.986. The summed E-state index contributed by atoms with van der Waals surface area (Å²) in [4.78, 5) is 8.61. The lowest BCUT2D eigenvalue weighted by Gasteiger charge is -1.90. The van der Waals surface area contributed by atoms with Gasteiger partial charge in [0.1, 0.15) is 0 Å². The Morgan fingerprint density at radius 1 is 1.44 bits per heavy atom. The summed E-state index contributed by atoms with van der Waals surface area (Å²) in [6.45, 7) is 0. The molecule has 3 aromatic heterocycles. The zero-order valence-corrected chi connectivity index (χ0v) is 11.2. The van der Waals surface area contributed by atoms with E-state index in [-0.39, 0.29) is 0 Å². The van der Waals surface area contributed by atoms with E-state index in [0.29, 0.717) is 0 Å². The number of anilines is 1. The van der Waals surface area contributed by atoms with Crippen LogP contribution in [-0.2, 0) is 5.75 Å². The van der Waals surface area contributed by atoms with Gasteiger partial charge in [0.05, 0.1) is 5.69 Å². The Bertz CT molecular complexity index is 628. The number of nitrogens with zero attached hydrogens (tertiary/aromatic N) is 5. The van der Waals surface area contributed by atoms with Crippen molar-refractivity contribution < 1.29 is 0 Å². The molecule has 0 aliphatic carbocycles. The third-order valence-electron chi connectivity index (χ3n) is 2.25. The van der Waals surface area contributed by atoms with Crippen LogP contribution >= 0.6 is 23.1 Å². The predicted molar refractivity (Wildman–Crippen MR) is 72.0 cm³/mol. The van der Waals surface area contributed by atoms with Crippen LogP contribution in [0.25, 0.3) is 5.78 Å². The third kappa shape index (κ3) is 2.29. The highest BCUT2D eigenvalue weighted by Gasteiger charge is 2.06. The van der Waals surface area contributed by atoms with Crippen LogP contribution in [-0.4, -0.2) is 31.6 Å². The van der Waals surface area contributed by atoms with Gasteiger partial charge in [-0.1, -0.05) is 23.1 Å². The molecule has 0 aliphatic rings. The monoisotopic (exact) mass is 278 g/mol. The first-order chi connectivity index (χ1) is 8.85. The van der Waals surface area contributed by atoms with Gasteiger partial charge in [-0.3, -0.25) is 4.40 Å². The van der Waals surface area contributed by atoms with Crippen LogP contribution in [0.3, 0.4) is 0 Å². The molecule has 0 bridgehead atoms. The molecule has 3 heterocycles. The van der Waals surface area contributed by atoms with Crippen molar-refractivity contribution in [2.24, 2.45) is 0 Å². The van der Waals surface area contributed by atoms with Crippen LogP contribution in [0, 0.1) is 0 Å². The van der Waals surface area contributed by atoms with Crippen LogP contribution in [0.15, 0.2) is 29.0 Å². The molecule has 0 fully saturated rings. The van der Waals surface area contributed by atoms with E-state index in [1.54, 1.807) is 18.0 Å². The summed E-state index contributed by atoms with van der Waals surface area (Å²) in [7, 11) is 1.84. The van der Waals surface area contributed by atoms with Gasteiger partial charge in [-0.05, 0) is 6.07 Å². The lowest BCUT2D eigenvalue weighted by atomic mass is 10.6. The SMILES string of the molecule is CNc1nnc(SCc2cn3cccnc3n2)s1. The Morgan fingerprint density at radius 3 is 3.17 bits per heavy atom. The molecular formula is C10H10N6S2. The first kappa shape index (κ1) is 11.4. The molecule has 6 nitrogen and oxygen atoms in total. The molecule has 0 atom stereocenters. The van der Waals surface area contributed by atoms with Gasteiger partial charge >= 0.3 is 0 Å². The summed E-state index contributed by atoms with van der Waals surface area (Å²) < 4.78 is 2.85. The number of aromatic nitrogens is 5.